The minimum atomic E-state index is -1.28. The molecule has 34 heavy (non-hydrogen) atoms. The number of aromatic carboxylic acids is 1. The van der Waals surface area contributed by atoms with Crippen LogP contribution >= 0.6 is 11.5 Å². The molecule has 0 aliphatic carbocycles. The number of aromatic nitrogens is 1. The normalized spacial score (nSPS) is 14.7. The van der Waals surface area contributed by atoms with Gasteiger partial charge in [-0.3, -0.25) is 5.32 Å². The molecule has 1 aromatic carbocycles. The highest BCUT2D eigenvalue weighted by atomic mass is 32.1. The van der Waals surface area contributed by atoms with E-state index in [0.717, 1.165) is 69.1 Å². The second-order valence-corrected chi connectivity index (χ2v) is 9.24. The molecule has 1 saturated heterocycles. The molecule has 1 aromatic heterocycles. The van der Waals surface area contributed by atoms with Crippen LogP contribution in [0, 0.1) is 12.7 Å². The number of anilines is 1. The molecule has 11 heteroatoms. The number of carbonyl (C=O) groups is 2. The average Bonchev–Trinajstić information content (AvgIpc) is 3.19. The summed E-state index contributed by atoms with van der Waals surface area (Å²) in [6.45, 7) is 7.57. The molecule has 0 unspecified atom stereocenters. The number of aryl methyl sites for hydroxylation is 1. The molecule has 2 aromatic rings. The van der Waals surface area contributed by atoms with Crippen LogP contribution in [0.5, 0.6) is 5.88 Å². The Morgan fingerprint density at radius 1 is 1.21 bits per heavy atom. The van der Waals surface area contributed by atoms with Crippen molar-refractivity contribution in [2.75, 3.05) is 51.6 Å². The van der Waals surface area contributed by atoms with Gasteiger partial charge in [-0.1, -0.05) is 18.6 Å². The molecule has 186 valence electrons. The number of halogens is 1. The second kappa shape index (κ2) is 12.6. The highest BCUT2D eigenvalue weighted by Gasteiger charge is 2.23. The highest BCUT2D eigenvalue weighted by Crippen LogP contribution is 2.31. The Bertz CT molecular complexity index is 978. The molecule has 0 atom stereocenters. The summed E-state index contributed by atoms with van der Waals surface area (Å²) in [4.78, 5) is 28.7. The quantitative estimate of drug-likeness (QED) is 0.412. The van der Waals surface area contributed by atoms with E-state index in [9.17, 15) is 19.1 Å². The van der Waals surface area contributed by atoms with Crippen molar-refractivity contribution in [1.82, 2.24) is 19.5 Å². The van der Waals surface area contributed by atoms with Crippen LogP contribution < -0.4 is 15.4 Å². The van der Waals surface area contributed by atoms with Gasteiger partial charge in [-0.15, -0.1) is 0 Å². The predicted octanol–water partition coefficient (Wildman–Crippen LogP) is 3.41. The van der Waals surface area contributed by atoms with Gasteiger partial charge < -0.3 is 25.0 Å². The number of hydrogen-bond acceptors (Lipinski definition) is 7. The number of carbonyl (C=O) groups excluding carboxylic acids is 1. The zero-order valence-corrected chi connectivity index (χ0v) is 20.4. The molecule has 2 amide bonds. The fraction of sp³-hybridized carbons (Fsp3) is 0.522. The van der Waals surface area contributed by atoms with E-state index in [4.69, 9.17) is 4.74 Å². The largest absolute Gasteiger partial charge is 0.477 e. The summed E-state index contributed by atoms with van der Waals surface area (Å²) in [7, 11) is 2.14. The summed E-state index contributed by atoms with van der Waals surface area (Å²) in [5, 5.41) is 14.9. The highest BCUT2D eigenvalue weighted by molar-refractivity contribution is 7.11. The number of hydrogen-bond donors (Lipinski definition) is 3. The van der Waals surface area contributed by atoms with E-state index < -0.39 is 17.8 Å². The first-order valence-corrected chi connectivity index (χ1v) is 12.2. The topological polar surface area (TPSA) is 107 Å². The first kappa shape index (κ1) is 25.9. The maximum absolute atomic E-state index is 14.0. The van der Waals surface area contributed by atoms with Gasteiger partial charge in [-0.2, -0.15) is 4.37 Å². The van der Waals surface area contributed by atoms with Crippen molar-refractivity contribution in [3.8, 4) is 5.88 Å². The molecule has 1 aliphatic rings. The van der Waals surface area contributed by atoms with Crippen molar-refractivity contribution in [3.63, 3.8) is 0 Å². The number of urea groups is 1. The third kappa shape index (κ3) is 7.64. The van der Waals surface area contributed by atoms with Crippen LogP contribution in [0.25, 0.3) is 0 Å². The molecule has 0 radical (unpaired) electrons. The number of nitrogens with zero attached hydrogens (tertiary/aromatic N) is 3. The Balaban J connectivity index is 1.41. The summed E-state index contributed by atoms with van der Waals surface area (Å²) in [5.74, 6) is -1.88. The van der Waals surface area contributed by atoms with Gasteiger partial charge in [0.1, 0.15) is 17.4 Å². The Hall–Kier alpha value is -2.76. The number of carboxylic acids is 1. The van der Waals surface area contributed by atoms with Crippen LogP contribution in [0.2, 0.25) is 0 Å². The van der Waals surface area contributed by atoms with Gasteiger partial charge in [0.15, 0.2) is 5.56 Å². The predicted molar refractivity (Wildman–Crippen MR) is 129 cm³/mol. The van der Waals surface area contributed by atoms with Gasteiger partial charge in [-0.25, -0.2) is 14.0 Å². The Morgan fingerprint density at radius 2 is 1.97 bits per heavy atom. The molecule has 3 rings (SSSR count). The minimum absolute atomic E-state index is 0.0689. The molecule has 1 fully saturated rings. The van der Waals surface area contributed by atoms with Crippen LogP contribution in [-0.2, 0) is 6.61 Å². The lowest BCUT2D eigenvalue weighted by molar-refractivity contribution is 0.0693. The number of benzene rings is 1. The second-order valence-electron chi connectivity index (χ2n) is 8.47. The van der Waals surface area contributed by atoms with Crippen molar-refractivity contribution in [2.45, 2.75) is 32.8 Å². The standard InChI is InChI=1S/C23H32FN5O4S/c1-16-6-7-17(18(24)14-16)15-33-20-19(22(30)31)21(34-27-20)26-23(32)25-8-4-3-5-9-29-12-10-28(2)11-13-29/h6-7,14H,3-5,8-13,15H2,1-2H3,(H,30,31)(H2,25,26,32). The number of rotatable bonds is 11. The van der Waals surface area contributed by atoms with Crippen molar-refractivity contribution in [3.05, 3.63) is 40.7 Å². The van der Waals surface area contributed by atoms with Crippen molar-refractivity contribution in [2.24, 2.45) is 0 Å². The smallest absolute Gasteiger partial charge is 0.344 e. The maximum atomic E-state index is 14.0. The van der Waals surface area contributed by atoms with E-state index in [0.29, 0.717) is 6.54 Å². The van der Waals surface area contributed by atoms with Gasteiger partial charge >= 0.3 is 12.0 Å². The molecule has 2 heterocycles. The lowest BCUT2D eigenvalue weighted by atomic mass is 10.1. The number of unbranched alkanes of at least 4 members (excludes halogenated alkanes) is 2. The molecule has 0 spiro atoms. The van der Waals surface area contributed by atoms with Gasteiger partial charge in [0.05, 0.1) is 0 Å². The summed E-state index contributed by atoms with van der Waals surface area (Å²) in [5.41, 5.74) is 0.809. The van der Waals surface area contributed by atoms with Crippen LogP contribution in [0.3, 0.4) is 0 Å². The zero-order valence-electron chi connectivity index (χ0n) is 19.6. The molecule has 3 N–H and O–H groups in total. The SMILES string of the molecule is Cc1ccc(COc2nsc(NC(=O)NCCCCCN3CCN(C)CC3)c2C(=O)O)c(F)c1. The average molecular weight is 494 g/mol. The molecule has 0 bridgehead atoms. The molecule has 0 saturated carbocycles. The van der Waals surface area contributed by atoms with Gasteiger partial charge in [0.2, 0.25) is 5.88 Å². The Morgan fingerprint density at radius 3 is 2.68 bits per heavy atom. The summed E-state index contributed by atoms with van der Waals surface area (Å²) >= 11 is 0.807. The summed E-state index contributed by atoms with van der Waals surface area (Å²) in [6.07, 6.45) is 2.92. The first-order chi connectivity index (χ1) is 16.3. The van der Waals surface area contributed by atoms with E-state index in [-0.39, 0.29) is 28.6 Å². The third-order valence-electron chi connectivity index (χ3n) is 5.71. The van der Waals surface area contributed by atoms with Crippen molar-refractivity contribution >= 4 is 28.5 Å². The summed E-state index contributed by atoms with van der Waals surface area (Å²) in [6, 6.07) is 4.20. The lowest BCUT2D eigenvalue weighted by Gasteiger charge is -2.32. The van der Waals surface area contributed by atoms with E-state index in [1.807, 2.05) is 0 Å². The molecular weight excluding hydrogens is 461 g/mol. The van der Waals surface area contributed by atoms with Crippen molar-refractivity contribution in [1.29, 1.82) is 0 Å². The monoisotopic (exact) mass is 493 g/mol. The molecule has 9 nitrogen and oxygen atoms in total. The fourth-order valence-electron chi connectivity index (χ4n) is 3.62. The van der Waals surface area contributed by atoms with Crippen LogP contribution in [0.4, 0.5) is 14.2 Å². The van der Waals surface area contributed by atoms with Gasteiger partial charge in [0.25, 0.3) is 0 Å². The number of nitrogens with one attached hydrogen (secondary N) is 2. The van der Waals surface area contributed by atoms with Crippen LogP contribution in [-0.4, -0.2) is 77.6 Å². The van der Waals surface area contributed by atoms with E-state index in [1.54, 1.807) is 19.1 Å². The number of carboxylic acid groups (broad SMARTS) is 1. The van der Waals surface area contributed by atoms with Gasteiger partial charge in [0, 0.05) is 38.3 Å². The molecular formula is C23H32FN5O4S. The van der Waals surface area contributed by atoms with Crippen LogP contribution in [0.15, 0.2) is 18.2 Å². The Labute approximate surface area is 203 Å². The van der Waals surface area contributed by atoms with E-state index in [2.05, 4.69) is 31.9 Å². The number of amides is 2. The third-order valence-corrected chi connectivity index (χ3v) is 6.45. The number of piperazine rings is 1. The van der Waals surface area contributed by atoms with E-state index >= 15 is 0 Å². The minimum Gasteiger partial charge on any atom is -0.477 e. The number of ether oxygens (including phenoxy) is 1. The Kier molecular flexibility index (Phi) is 9.61. The summed E-state index contributed by atoms with van der Waals surface area (Å²) < 4.78 is 23.4. The van der Waals surface area contributed by atoms with Crippen LogP contribution in [0.1, 0.15) is 40.7 Å². The zero-order chi connectivity index (χ0) is 24.5. The van der Waals surface area contributed by atoms with E-state index in [1.165, 1.54) is 6.07 Å². The maximum Gasteiger partial charge on any atom is 0.344 e. The van der Waals surface area contributed by atoms with Crippen molar-refractivity contribution < 1.29 is 23.8 Å². The first-order valence-electron chi connectivity index (χ1n) is 11.4. The lowest BCUT2D eigenvalue weighted by Crippen LogP contribution is -2.44. The fourth-order valence-corrected chi connectivity index (χ4v) is 4.34. The van der Waals surface area contributed by atoms with Gasteiger partial charge in [-0.05, 0) is 56.5 Å². The molecule has 1 aliphatic heterocycles. The number of likely N-dealkylation sites (N-methyl/N-ethyl adjacent to an activating group) is 1.